The first-order valence-corrected chi connectivity index (χ1v) is 5.27. The first kappa shape index (κ1) is 12.8. The van der Waals surface area contributed by atoms with E-state index in [0.29, 0.717) is 13.1 Å². The maximum absolute atomic E-state index is 11.5. The van der Waals surface area contributed by atoms with Crippen molar-refractivity contribution in [1.82, 2.24) is 10.2 Å². The summed E-state index contributed by atoms with van der Waals surface area (Å²) in [6, 6.07) is 0.139. The molecule has 1 heterocycles. The molecule has 1 aliphatic rings. The number of primary amides is 1. The Morgan fingerprint density at radius 2 is 2.00 bits per heavy atom. The number of nitrogens with one attached hydrogen (secondary N) is 1. The average Bonchev–Trinajstić information content (AvgIpc) is 1.96. The van der Waals surface area contributed by atoms with E-state index in [-0.39, 0.29) is 18.7 Å². The molecule has 0 atom stereocenters. The van der Waals surface area contributed by atoms with Crippen LogP contribution >= 0.6 is 0 Å². The topological polar surface area (TPSA) is 84.7 Å². The molecule has 0 saturated carbocycles. The largest absolute Gasteiger partial charge is 0.444 e. The van der Waals surface area contributed by atoms with Crippen LogP contribution in [-0.4, -0.2) is 48.2 Å². The molecule has 0 bridgehead atoms. The second kappa shape index (κ2) is 4.69. The molecule has 0 aliphatic carbocycles. The molecule has 6 nitrogen and oxygen atoms in total. The third kappa shape index (κ3) is 4.06. The molecule has 0 radical (unpaired) electrons. The highest BCUT2D eigenvalue weighted by atomic mass is 16.6. The highest BCUT2D eigenvalue weighted by Crippen LogP contribution is 2.14. The van der Waals surface area contributed by atoms with Crippen molar-refractivity contribution in [2.45, 2.75) is 32.4 Å². The van der Waals surface area contributed by atoms with Crippen LogP contribution < -0.4 is 11.1 Å². The van der Waals surface area contributed by atoms with E-state index in [1.54, 1.807) is 4.90 Å². The zero-order chi connectivity index (χ0) is 12.3. The van der Waals surface area contributed by atoms with E-state index in [2.05, 4.69) is 5.32 Å². The van der Waals surface area contributed by atoms with Crippen LogP contribution in [0, 0.1) is 0 Å². The van der Waals surface area contributed by atoms with Crippen molar-refractivity contribution < 1.29 is 14.3 Å². The summed E-state index contributed by atoms with van der Waals surface area (Å²) in [5.41, 5.74) is 4.52. The Morgan fingerprint density at radius 3 is 2.44 bits per heavy atom. The standard InChI is InChI=1S/C10H19N3O3/c1-10(2,3)16-9(15)13-5-7(6-13)12-4-8(11)14/h7,12H,4-6H2,1-3H3,(H2,11,14). The molecule has 0 aromatic heterocycles. The fourth-order valence-electron chi connectivity index (χ4n) is 1.33. The van der Waals surface area contributed by atoms with Crippen molar-refractivity contribution in [3.63, 3.8) is 0 Å². The molecule has 1 rings (SSSR count). The van der Waals surface area contributed by atoms with Crippen LogP contribution in [0.2, 0.25) is 0 Å². The molecule has 0 spiro atoms. The number of nitrogens with zero attached hydrogens (tertiary/aromatic N) is 1. The van der Waals surface area contributed by atoms with E-state index in [1.807, 2.05) is 20.8 Å². The van der Waals surface area contributed by atoms with Gasteiger partial charge in [-0.05, 0) is 20.8 Å². The number of hydrogen-bond donors (Lipinski definition) is 2. The molecule has 2 amide bonds. The highest BCUT2D eigenvalue weighted by Gasteiger charge is 2.33. The zero-order valence-electron chi connectivity index (χ0n) is 9.95. The lowest BCUT2D eigenvalue weighted by molar-refractivity contribution is -0.117. The van der Waals surface area contributed by atoms with Crippen LogP contribution in [0.4, 0.5) is 4.79 Å². The van der Waals surface area contributed by atoms with Gasteiger partial charge in [0.1, 0.15) is 5.60 Å². The number of amides is 2. The van der Waals surface area contributed by atoms with Crippen molar-refractivity contribution in [2.24, 2.45) is 5.73 Å². The van der Waals surface area contributed by atoms with Gasteiger partial charge in [-0.3, -0.25) is 4.79 Å². The fourth-order valence-corrected chi connectivity index (χ4v) is 1.33. The lowest BCUT2D eigenvalue weighted by atomic mass is 10.1. The molecule has 1 fully saturated rings. The summed E-state index contributed by atoms with van der Waals surface area (Å²) in [4.78, 5) is 23.6. The van der Waals surface area contributed by atoms with Crippen molar-refractivity contribution in [3.05, 3.63) is 0 Å². The van der Waals surface area contributed by atoms with E-state index < -0.39 is 11.5 Å². The third-order valence-electron chi connectivity index (χ3n) is 2.10. The summed E-state index contributed by atoms with van der Waals surface area (Å²) in [5.74, 6) is -0.393. The first-order valence-electron chi connectivity index (χ1n) is 5.27. The SMILES string of the molecule is CC(C)(C)OC(=O)N1CC(NCC(N)=O)C1. The Kier molecular flexibility index (Phi) is 3.74. The second-order valence-corrected chi connectivity index (χ2v) is 4.93. The normalized spacial score (nSPS) is 16.8. The van der Waals surface area contributed by atoms with Crippen LogP contribution in [0.15, 0.2) is 0 Å². The van der Waals surface area contributed by atoms with Gasteiger partial charge in [0.25, 0.3) is 0 Å². The van der Waals surface area contributed by atoms with Gasteiger partial charge in [0.2, 0.25) is 5.91 Å². The molecule has 3 N–H and O–H groups in total. The van der Waals surface area contributed by atoms with Crippen LogP contribution in [0.3, 0.4) is 0 Å². The van der Waals surface area contributed by atoms with Crippen molar-refractivity contribution in [1.29, 1.82) is 0 Å². The van der Waals surface area contributed by atoms with Crippen LogP contribution in [0.25, 0.3) is 0 Å². The van der Waals surface area contributed by atoms with Gasteiger partial charge in [0, 0.05) is 19.1 Å². The summed E-state index contributed by atoms with van der Waals surface area (Å²) in [6.07, 6.45) is -0.315. The van der Waals surface area contributed by atoms with Gasteiger partial charge >= 0.3 is 6.09 Å². The van der Waals surface area contributed by atoms with Gasteiger partial charge in [-0.1, -0.05) is 0 Å². The molecule has 0 aromatic rings. The molecule has 92 valence electrons. The number of carbonyl (C=O) groups is 2. The van der Waals surface area contributed by atoms with Crippen LogP contribution in [0.5, 0.6) is 0 Å². The predicted molar refractivity (Wildman–Crippen MR) is 58.8 cm³/mol. The first-order chi connectivity index (χ1) is 7.28. The van der Waals surface area contributed by atoms with Crippen molar-refractivity contribution in [2.75, 3.05) is 19.6 Å². The third-order valence-corrected chi connectivity index (χ3v) is 2.10. The fraction of sp³-hybridized carbons (Fsp3) is 0.800. The quantitative estimate of drug-likeness (QED) is 0.694. The Morgan fingerprint density at radius 1 is 1.44 bits per heavy atom. The van der Waals surface area contributed by atoms with Crippen LogP contribution in [-0.2, 0) is 9.53 Å². The molecule has 1 aliphatic heterocycles. The van der Waals surface area contributed by atoms with Gasteiger partial charge < -0.3 is 20.7 Å². The van der Waals surface area contributed by atoms with Gasteiger partial charge in [0.15, 0.2) is 0 Å². The molecule has 0 unspecified atom stereocenters. The Bertz CT molecular complexity index is 280. The summed E-state index contributed by atoms with van der Waals surface area (Å²) >= 11 is 0. The number of carbonyl (C=O) groups excluding carboxylic acids is 2. The smallest absolute Gasteiger partial charge is 0.410 e. The van der Waals surface area contributed by atoms with Crippen molar-refractivity contribution >= 4 is 12.0 Å². The van der Waals surface area contributed by atoms with Crippen LogP contribution in [0.1, 0.15) is 20.8 Å². The molecule has 0 aromatic carbocycles. The van der Waals surface area contributed by atoms with Gasteiger partial charge in [-0.15, -0.1) is 0 Å². The predicted octanol–water partition coefficient (Wildman–Crippen LogP) is -0.319. The minimum atomic E-state index is -0.469. The highest BCUT2D eigenvalue weighted by molar-refractivity contribution is 5.76. The van der Waals surface area contributed by atoms with E-state index in [0.717, 1.165) is 0 Å². The summed E-state index contributed by atoms with van der Waals surface area (Å²) in [6.45, 7) is 6.74. The molecular formula is C10H19N3O3. The minimum Gasteiger partial charge on any atom is -0.444 e. The number of likely N-dealkylation sites (tertiary alicyclic amines) is 1. The van der Waals surface area contributed by atoms with Gasteiger partial charge in [0.05, 0.1) is 6.54 Å². The number of nitrogens with two attached hydrogens (primary N) is 1. The van der Waals surface area contributed by atoms with Crippen molar-refractivity contribution in [3.8, 4) is 0 Å². The second-order valence-electron chi connectivity index (χ2n) is 4.93. The number of hydrogen-bond acceptors (Lipinski definition) is 4. The summed E-state index contributed by atoms with van der Waals surface area (Å²) < 4.78 is 5.18. The maximum atomic E-state index is 11.5. The molecule has 1 saturated heterocycles. The lowest BCUT2D eigenvalue weighted by Gasteiger charge is -2.39. The molecular weight excluding hydrogens is 210 g/mol. The monoisotopic (exact) mass is 229 g/mol. The van der Waals surface area contributed by atoms with Gasteiger partial charge in [-0.25, -0.2) is 4.79 Å². The summed E-state index contributed by atoms with van der Waals surface area (Å²) in [7, 11) is 0. The average molecular weight is 229 g/mol. The Labute approximate surface area is 95.1 Å². The lowest BCUT2D eigenvalue weighted by Crippen LogP contribution is -2.61. The van der Waals surface area contributed by atoms with Gasteiger partial charge in [-0.2, -0.15) is 0 Å². The Hall–Kier alpha value is -1.30. The van der Waals surface area contributed by atoms with E-state index in [1.165, 1.54) is 0 Å². The van der Waals surface area contributed by atoms with E-state index in [9.17, 15) is 9.59 Å². The molecule has 16 heavy (non-hydrogen) atoms. The molecule has 6 heteroatoms. The summed E-state index contributed by atoms with van der Waals surface area (Å²) in [5, 5.41) is 2.94. The zero-order valence-corrected chi connectivity index (χ0v) is 9.95. The van der Waals surface area contributed by atoms with E-state index >= 15 is 0 Å². The Balaban J connectivity index is 2.20. The maximum Gasteiger partial charge on any atom is 0.410 e. The minimum absolute atomic E-state index is 0.139. The number of rotatable bonds is 3. The van der Waals surface area contributed by atoms with E-state index in [4.69, 9.17) is 10.5 Å². The number of ether oxygens (including phenoxy) is 1.